The van der Waals surface area contributed by atoms with Crippen LogP contribution in [0, 0.1) is 12.7 Å². The fourth-order valence-corrected chi connectivity index (χ4v) is 5.17. The van der Waals surface area contributed by atoms with Crippen LogP contribution in [0.3, 0.4) is 0 Å². The molecular formula is C20H21FN2O4S2. The number of sulfone groups is 1. The Hall–Kier alpha value is -2.39. The molecule has 0 spiro atoms. The van der Waals surface area contributed by atoms with Gasteiger partial charge in [0.05, 0.1) is 15.8 Å². The third-order valence-corrected chi connectivity index (χ3v) is 7.81. The van der Waals surface area contributed by atoms with Gasteiger partial charge in [-0.25, -0.2) is 12.8 Å². The number of benzene rings is 2. The monoisotopic (exact) mass is 436 g/mol. The van der Waals surface area contributed by atoms with Crippen LogP contribution in [0.4, 0.5) is 15.8 Å². The summed E-state index contributed by atoms with van der Waals surface area (Å²) in [6, 6.07) is 8.88. The van der Waals surface area contributed by atoms with E-state index in [9.17, 15) is 22.4 Å². The van der Waals surface area contributed by atoms with Gasteiger partial charge in [0.1, 0.15) is 5.82 Å². The summed E-state index contributed by atoms with van der Waals surface area (Å²) in [6.45, 7) is 3.06. The molecule has 0 aromatic heterocycles. The number of hydrogen-bond donors (Lipinski definition) is 2. The smallest absolute Gasteiger partial charge is 0.225 e. The molecule has 1 atom stereocenters. The fraction of sp³-hybridized carbons (Fsp3) is 0.300. The highest BCUT2D eigenvalue weighted by Gasteiger charge is 2.27. The van der Waals surface area contributed by atoms with E-state index in [0.717, 1.165) is 4.90 Å². The van der Waals surface area contributed by atoms with Crippen LogP contribution in [0.5, 0.6) is 0 Å². The molecule has 6 nitrogen and oxygen atoms in total. The minimum absolute atomic E-state index is 0.0423. The Morgan fingerprint density at radius 2 is 2.03 bits per heavy atom. The second kappa shape index (κ2) is 8.54. The Morgan fingerprint density at radius 3 is 2.76 bits per heavy atom. The van der Waals surface area contributed by atoms with Gasteiger partial charge in [-0.05, 0) is 49.7 Å². The second-order valence-electron chi connectivity index (χ2n) is 6.88. The van der Waals surface area contributed by atoms with Gasteiger partial charge in [0.15, 0.2) is 9.84 Å². The van der Waals surface area contributed by atoms with Crippen molar-refractivity contribution < 1.29 is 22.4 Å². The van der Waals surface area contributed by atoms with Gasteiger partial charge < -0.3 is 10.6 Å². The van der Waals surface area contributed by atoms with Crippen LogP contribution in [0.2, 0.25) is 0 Å². The third kappa shape index (κ3) is 4.97. The highest BCUT2D eigenvalue weighted by atomic mass is 32.2. The van der Waals surface area contributed by atoms with E-state index in [1.165, 1.54) is 43.0 Å². The molecule has 3 rings (SSSR count). The van der Waals surface area contributed by atoms with Crippen molar-refractivity contribution in [1.82, 2.24) is 0 Å². The molecule has 1 aliphatic rings. The zero-order valence-electron chi connectivity index (χ0n) is 16.0. The quantitative estimate of drug-likeness (QED) is 0.745. The summed E-state index contributed by atoms with van der Waals surface area (Å²) >= 11 is 1.48. The lowest BCUT2D eigenvalue weighted by molar-refractivity contribution is -0.116. The molecule has 0 saturated carbocycles. The Balaban J connectivity index is 1.74. The molecular weight excluding hydrogens is 415 g/mol. The number of halogens is 1. The van der Waals surface area contributed by atoms with Crippen molar-refractivity contribution >= 4 is 44.8 Å². The number of carbonyl (C=O) groups excluding carboxylic acids is 2. The maximum Gasteiger partial charge on any atom is 0.225 e. The van der Waals surface area contributed by atoms with Gasteiger partial charge in [-0.15, -0.1) is 11.8 Å². The van der Waals surface area contributed by atoms with Gasteiger partial charge in [-0.3, -0.25) is 9.59 Å². The standard InChI is InChI=1S/C20H21FN2O4S2/c1-12-3-4-14(10-16(12)21)22-20(25)9-13(2)29(26,27)15-5-6-18-17(11-15)23-19(24)7-8-28-18/h3-6,10-11,13H,7-9H2,1-2H3,(H,22,25)(H,23,24)/t13-/m1/s1. The van der Waals surface area contributed by atoms with Crippen LogP contribution in [-0.4, -0.2) is 31.2 Å². The van der Waals surface area contributed by atoms with Crippen LogP contribution in [0.25, 0.3) is 0 Å². The summed E-state index contributed by atoms with van der Waals surface area (Å²) < 4.78 is 39.4. The number of fused-ring (bicyclic) bond motifs is 1. The van der Waals surface area contributed by atoms with E-state index in [1.807, 2.05) is 0 Å². The van der Waals surface area contributed by atoms with E-state index in [-0.39, 0.29) is 22.9 Å². The van der Waals surface area contributed by atoms with Crippen molar-refractivity contribution in [2.24, 2.45) is 0 Å². The summed E-state index contributed by atoms with van der Waals surface area (Å²) in [6.07, 6.45) is 0.0770. The summed E-state index contributed by atoms with van der Waals surface area (Å²) in [4.78, 5) is 24.9. The van der Waals surface area contributed by atoms with Crippen molar-refractivity contribution in [1.29, 1.82) is 0 Å². The summed E-state index contributed by atoms with van der Waals surface area (Å²) in [5.41, 5.74) is 1.19. The normalized spacial score (nSPS) is 15.1. The third-order valence-electron chi connectivity index (χ3n) is 4.60. The van der Waals surface area contributed by atoms with Gasteiger partial charge in [0, 0.05) is 29.2 Å². The molecule has 2 aromatic carbocycles. The van der Waals surface area contributed by atoms with Gasteiger partial charge in [0.2, 0.25) is 11.8 Å². The van der Waals surface area contributed by atoms with Gasteiger partial charge in [-0.2, -0.15) is 0 Å². The van der Waals surface area contributed by atoms with E-state index in [0.29, 0.717) is 23.4 Å². The predicted molar refractivity (Wildman–Crippen MR) is 111 cm³/mol. The first kappa shape index (κ1) is 21.3. The van der Waals surface area contributed by atoms with Gasteiger partial charge in [-0.1, -0.05) is 6.07 Å². The van der Waals surface area contributed by atoms with Crippen LogP contribution >= 0.6 is 11.8 Å². The molecule has 2 aromatic rings. The first-order valence-electron chi connectivity index (χ1n) is 9.03. The number of nitrogens with one attached hydrogen (secondary N) is 2. The van der Waals surface area contributed by atoms with Crippen molar-refractivity contribution in [3.05, 3.63) is 47.8 Å². The summed E-state index contributed by atoms with van der Waals surface area (Å²) in [5, 5.41) is 4.25. The lowest BCUT2D eigenvalue weighted by Crippen LogP contribution is -2.25. The fourth-order valence-electron chi connectivity index (χ4n) is 2.86. The molecule has 0 unspecified atom stereocenters. The number of carbonyl (C=O) groups is 2. The van der Waals surface area contributed by atoms with Crippen molar-refractivity contribution in [3.63, 3.8) is 0 Å². The minimum Gasteiger partial charge on any atom is -0.326 e. The van der Waals surface area contributed by atoms with Crippen LogP contribution in [-0.2, 0) is 19.4 Å². The zero-order chi connectivity index (χ0) is 21.2. The first-order chi connectivity index (χ1) is 13.7. The zero-order valence-corrected chi connectivity index (χ0v) is 17.6. The number of rotatable bonds is 5. The number of amides is 2. The molecule has 0 fully saturated rings. The molecule has 0 radical (unpaired) electrons. The number of thioether (sulfide) groups is 1. The topological polar surface area (TPSA) is 92.3 Å². The highest BCUT2D eigenvalue weighted by Crippen LogP contribution is 2.33. The Labute approximate surface area is 173 Å². The van der Waals surface area contributed by atoms with E-state index in [1.54, 1.807) is 19.1 Å². The molecule has 1 heterocycles. The lowest BCUT2D eigenvalue weighted by atomic mass is 10.2. The molecule has 2 N–H and O–H groups in total. The van der Waals surface area contributed by atoms with Crippen LogP contribution in [0.1, 0.15) is 25.3 Å². The second-order valence-corrected chi connectivity index (χ2v) is 10.4. The van der Waals surface area contributed by atoms with Crippen LogP contribution in [0.15, 0.2) is 46.2 Å². The SMILES string of the molecule is Cc1ccc(NC(=O)C[C@@H](C)S(=O)(=O)c2ccc3c(c2)NC(=O)CCS3)cc1F. The Bertz CT molecular complexity index is 1070. The molecule has 0 bridgehead atoms. The van der Waals surface area contributed by atoms with Gasteiger partial charge in [0.25, 0.3) is 0 Å². The summed E-state index contributed by atoms with van der Waals surface area (Å²) in [5.74, 6) is -0.513. The molecule has 0 aliphatic carbocycles. The average molecular weight is 437 g/mol. The average Bonchev–Trinajstić information content (AvgIpc) is 2.84. The largest absolute Gasteiger partial charge is 0.326 e. The maximum absolute atomic E-state index is 13.6. The van der Waals surface area contributed by atoms with Crippen molar-refractivity contribution in [2.45, 2.75) is 41.7 Å². The predicted octanol–water partition coefficient (Wildman–Crippen LogP) is 3.76. The van der Waals surface area contributed by atoms with E-state index in [4.69, 9.17) is 0 Å². The number of hydrogen-bond acceptors (Lipinski definition) is 5. The van der Waals surface area contributed by atoms with Crippen molar-refractivity contribution in [3.8, 4) is 0 Å². The lowest BCUT2D eigenvalue weighted by Gasteiger charge is -2.15. The number of anilines is 2. The van der Waals surface area contributed by atoms with E-state index >= 15 is 0 Å². The number of aryl methyl sites for hydroxylation is 1. The van der Waals surface area contributed by atoms with E-state index < -0.39 is 26.8 Å². The molecule has 1 aliphatic heterocycles. The van der Waals surface area contributed by atoms with E-state index in [2.05, 4.69) is 10.6 Å². The summed E-state index contributed by atoms with van der Waals surface area (Å²) in [7, 11) is -3.80. The maximum atomic E-state index is 13.6. The molecule has 154 valence electrons. The van der Waals surface area contributed by atoms with Crippen LogP contribution < -0.4 is 10.6 Å². The molecule has 2 amide bonds. The van der Waals surface area contributed by atoms with Crippen molar-refractivity contribution in [2.75, 3.05) is 16.4 Å². The Kier molecular flexibility index (Phi) is 6.28. The Morgan fingerprint density at radius 1 is 1.28 bits per heavy atom. The molecule has 0 saturated heterocycles. The molecule has 29 heavy (non-hydrogen) atoms. The van der Waals surface area contributed by atoms with Gasteiger partial charge >= 0.3 is 0 Å². The molecule has 9 heteroatoms. The highest BCUT2D eigenvalue weighted by molar-refractivity contribution is 7.99. The first-order valence-corrected chi connectivity index (χ1v) is 11.6. The minimum atomic E-state index is -3.80.